The van der Waals surface area contributed by atoms with Crippen LogP contribution >= 0.6 is 0 Å². The zero-order valence-corrected chi connectivity index (χ0v) is 9.15. The molecule has 2 rings (SSSR count). The van der Waals surface area contributed by atoms with Gasteiger partial charge in [0.25, 0.3) is 0 Å². The van der Waals surface area contributed by atoms with Crippen molar-refractivity contribution in [3.63, 3.8) is 0 Å². The second kappa shape index (κ2) is 2.08. The van der Waals surface area contributed by atoms with E-state index >= 15 is 0 Å². The van der Waals surface area contributed by atoms with E-state index in [1.54, 1.807) is 0 Å². The Morgan fingerprint density at radius 1 is 1.42 bits per heavy atom. The van der Waals surface area contributed by atoms with Gasteiger partial charge in [0.05, 0.1) is 0 Å². The predicted molar refractivity (Wildman–Crippen MR) is 52.9 cm³/mol. The summed E-state index contributed by atoms with van der Waals surface area (Å²) in [7, 11) is 0. The molecular weight excluding hydrogens is 144 g/mol. The minimum atomic E-state index is 0.659. The molecule has 0 bridgehead atoms. The van der Waals surface area contributed by atoms with Gasteiger partial charge in [-0.15, -0.1) is 0 Å². The quantitative estimate of drug-likeness (QED) is 0.586. The fourth-order valence-corrected chi connectivity index (χ4v) is 4.27. The summed E-state index contributed by atoms with van der Waals surface area (Å²) in [4.78, 5) is 0. The molecule has 0 amide bonds. The highest BCUT2D eigenvalue weighted by molar-refractivity contribution is 5.25. The molecule has 2 saturated carbocycles. The minimum Gasteiger partial charge on any atom is -0.0648 e. The summed E-state index contributed by atoms with van der Waals surface area (Å²) in [6.45, 7) is 12.2. The molecule has 0 aromatic rings. The predicted octanol–water partition coefficient (Wildman–Crippen LogP) is 3.71. The van der Waals surface area contributed by atoms with Gasteiger partial charge in [-0.25, -0.2) is 0 Å². The Kier molecular flexibility index (Phi) is 1.49. The third-order valence-corrected chi connectivity index (χ3v) is 5.59. The van der Waals surface area contributed by atoms with Crippen molar-refractivity contribution in [3.05, 3.63) is 0 Å². The fourth-order valence-electron chi connectivity index (χ4n) is 4.27. The van der Waals surface area contributed by atoms with Gasteiger partial charge < -0.3 is 0 Å². The molecular formula is C12H22. The highest BCUT2D eigenvalue weighted by Gasteiger charge is 2.77. The molecule has 0 spiro atoms. The molecule has 2 aliphatic carbocycles. The van der Waals surface area contributed by atoms with Crippen LogP contribution in [0.4, 0.5) is 0 Å². The van der Waals surface area contributed by atoms with Crippen LogP contribution < -0.4 is 0 Å². The molecule has 70 valence electrons. The number of fused-ring (bicyclic) bond motifs is 1. The maximum absolute atomic E-state index is 2.52. The first-order chi connectivity index (χ1) is 5.50. The van der Waals surface area contributed by atoms with Crippen LogP contribution in [0, 0.1) is 28.6 Å². The second-order valence-electron chi connectivity index (χ2n) is 5.55. The molecule has 0 aromatic carbocycles. The van der Waals surface area contributed by atoms with Crippen LogP contribution in [-0.2, 0) is 0 Å². The van der Waals surface area contributed by atoms with E-state index in [9.17, 15) is 0 Å². The maximum atomic E-state index is 2.52. The van der Waals surface area contributed by atoms with Gasteiger partial charge in [-0.05, 0) is 41.4 Å². The van der Waals surface area contributed by atoms with E-state index in [4.69, 9.17) is 0 Å². The van der Waals surface area contributed by atoms with Crippen molar-refractivity contribution in [1.29, 1.82) is 0 Å². The number of hydrogen-bond donors (Lipinski definition) is 0. The first-order valence-electron chi connectivity index (χ1n) is 5.50. The van der Waals surface area contributed by atoms with Crippen molar-refractivity contribution < 1.29 is 0 Å². The third-order valence-electron chi connectivity index (χ3n) is 5.59. The van der Waals surface area contributed by atoms with E-state index in [0.717, 1.165) is 23.2 Å². The van der Waals surface area contributed by atoms with Gasteiger partial charge in [0, 0.05) is 0 Å². The highest BCUT2D eigenvalue weighted by Crippen LogP contribution is 2.83. The van der Waals surface area contributed by atoms with Gasteiger partial charge in [0.2, 0.25) is 0 Å². The Morgan fingerprint density at radius 2 is 2.00 bits per heavy atom. The van der Waals surface area contributed by atoms with Crippen molar-refractivity contribution in [2.45, 2.75) is 47.5 Å². The highest BCUT2D eigenvalue weighted by atomic mass is 14.8. The average molecular weight is 166 g/mol. The van der Waals surface area contributed by atoms with Crippen molar-refractivity contribution in [2.75, 3.05) is 0 Å². The summed E-state index contributed by atoms with van der Waals surface area (Å²) in [5.41, 5.74) is 1.44. The standard InChI is InChI=1S/C12H22/c1-6-12-7-10(12)9(4)11(12,5)8(2)3/h8-10H,6-7H2,1-5H3. The summed E-state index contributed by atoms with van der Waals surface area (Å²) in [5.74, 6) is 2.94. The van der Waals surface area contributed by atoms with E-state index in [1.165, 1.54) is 12.8 Å². The van der Waals surface area contributed by atoms with Crippen LogP contribution in [0.1, 0.15) is 47.5 Å². The second-order valence-corrected chi connectivity index (χ2v) is 5.55. The lowest BCUT2D eigenvalue weighted by atomic mass is 9.49. The largest absolute Gasteiger partial charge is 0.0648 e. The lowest BCUT2D eigenvalue weighted by Gasteiger charge is -2.56. The molecule has 0 nitrogen and oxygen atoms in total. The third kappa shape index (κ3) is 0.592. The SMILES string of the molecule is CCC12CC1C(C)C2(C)C(C)C. The molecule has 2 aliphatic rings. The first kappa shape index (κ1) is 8.59. The van der Waals surface area contributed by atoms with E-state index in [0.29, 0.717) is 5.41 Å². The molecule has 2 fully saturated rings. The molecule has 0 saturated heterocycles. The van der Waals surface area contributed by atoms with Gasteiger partial charge in [0.15, 0.2) is 0 Å². The Morgan fingerprint density at radius 3 is 2.25 bits per heavy atom. The molecule has 4 atom stereocenters. The molecule has 12 heavy (non-hydrogen) atoms. The van der Waals surface area contributed by atoms with Crippen molar-refractivity contribution in [2.24, 2.45) is 28.6 Å². The van der Waals surface area contributed by atoms with Crippen molar-refractivity contribution in [1.82, 2.24) is 0 Å². The molecule has 0 aliphatic heterocycles. The zero-order chi connectivity index (χ0) is 9.15. The summed E-state index contributed by atoms with van der Waals surface area (Å²) in [6.07, 6.45) is 2.94. The maximum Gasteiger partial charge on any atom is -0.0207 e. The molecule has 0 N–H and O–H groups in total. The fraction of sp³-hybridized carbons (Fsp3) is 1.00. The Balaban J connectivity index is 2.25. The topological polar surface area (TPSA) is 0 Å². The normalized spacial score (nSPS) is 56.5. The van der Waals surface area contributed by atoms with Gasteiger partial charge in [-0.1, -0.05) is 34.6 Å². The van der Waals surface area contributed by atoms with Gasteiger partial charge in [0.1, 0.15) is 0 Å². The van der Waals surface area contributed by atoms with Crippen LogP contribution in [0.2, 0.25) is 0 Å². The number of rotatable bonds is 2. The van der Waals surface area contributed by atoms with Crippen LogP contribution in [0.5, 0.6) is 0 Å². The van der Waals surface area contributed by atoms with Crippen molar-refractivity contribution in [3.8, 4) is 0 Å². The zero-order valence-electron chi connectivity index (χ0n) is 9.15. The van der Waals surface area contributed by atoms with E-state index < -0.39 is 0 Å². The van der Waals surface area contributed by atoms with Crippen LogP contribution in [0.25, 0.3) is 0 Å². The molecule has 4 unspecified atom stereocenters. The summed E-state index contributed by atoms with van der Waals surface area (Å²) >= 11 is 0. The van der Waals surface area contributed by atoms with Crippen molar-refractivity contribution >= 4 is 0 Å². The smallest absolute Gasteiger partial charge is 0.0207 e. The van der Waals surface area contributed by atoms with E-state index in [1.807, 2.05) is 0 Å². The molecule has 0 heterocycles. The summed E-state index contributed by atoms with van der Waals surface area (Å²) < 4.78 is 0. The van der Waals surface area contributed by atoms with E-state index in [2.05, 4.69) is 34.6 Å². The van der Waals surface area contributed by atoms with E-state index in [-0.39, 0.29) is 0 Å². The Bertz CT molecular complexity index is 206. The van der Waals surface area contributed by atoms with Crippen LogP contribution in [0.3, 0.4) is 0 Å². The summed E-state index contributed by atoms with van der Waals surface area (Å²) in [6, 6.07) is 0. The lowest BCUT2D eigenvalue weighted by Crippen LogP contribution is -2.50. The van der Waals surface area contributed by atoms with Gasteiger partial charge in [-0.2, -0.15) is 0 Å². The molecule has 0 aromatic heterocycles. The monoisotopic (exact) mass is 166 g/mol. The van der Waals surface area contributed by atoms with Gasteiger partial charge >= 0.3 is 0 Å². The van der Waals surface area contributed by atoms with Crippen LogP contribution in [-0.4, -0.2) is 0 Å². The summed E-state index contributed by atoms with van der Waals surface area (Å²) in [5, 5.41) is 0. The van der Waals surface area contributed by atoms with Gasteiger partial charge in [-0.3, -0.25) is 0 Å². The average Bonchev–Trinajstić information content (AvgIpc) is 2.74. The molecule has 0 heteroatoms. The van der Waals surface area contributed by atoms with Crippen LogP contribution in [0.15, 0.2) is 0 Å². The minimum absolute atomic E-state index is 0.659. The first-order valence-corrected chi connectivity index (χ1v) is 5.50. The Labute approximate surface area is 76.7 Å². The Hall–Kier alpha value is 0. The molecule has 0 radical (unpaired) electrons. The lowest BCUT2D eigenvalue weighted by molar-refractivity contribution is -0.0809. The number of hydrogen-bond acceptors (Lipinski definition) is 0.